The van der Waals surface area contributed by atoms with Crippen LogP contribution in [-0.4, -0.2) is 19.7 Å². The lowest BCUT2D eigenvalue weighted by atomic mass is 10.0. The van der Waals surface area contributed by atoms with Crippen LogP contribution in [0.15, 0.2) is 24.8 Å². The van der Waals surface area contributed by atoms with Gasteiger partial charge in [-0.25, -0.2) is 4.79 Å². The van der Waals surface area contributed by atoms with E-state index < -0.39 is 23.3 Å². The molecule has 0 amide bonds. The fourth-order valence-electron chi connectivity index (χ4n) is 1.50. The van der Waals surface area contributed by atoms with Crippen molar-refractivity contribution >= 4 is 11.7 Å². The van der Waals surface area contributed by atoms with E-state index in [2.05, 4.69) is 11.3 Å². The zero-order valence-corrected chi connectivity index (χ0v) is 10.5. The van der Waals surface area contributed by atoms with Crippen LogP contribution in [-0.2, 0) is 15.7 Å². The van der Waals surface area contributed by atoms with E-state index >= 15 is 0 Å². The van der Waals surface area contributed by atoms with Crippen LogP contribution in [0.25, 0.3) is 5.76 Å². The van der Waals surface area contributed by atoms with Crippen molar-refractivity contribution in [2.75, 3.05) is 13.7 Å². The number of methoxy groups -OCH3 is 1. The summed E-state index contributed by atoms with van der Waals surface area (Å²) >= 11 is 0. The molecule has 0 aliphatic heterocycles. The number of rotatable bonds is 4. The van der Waals surface area contributed by atoms with Gasteiger partial charge in [0.15, 0.2) is 0 Å². The summed E-state index contributed by atoms with van der Waals surface area (Å²) in [6, 6.07) is 3.21. The third-order valence-corrected chi connectivity index (χ3v) is 2.37. The predicted octanol–water partition coefficient (Wildman–Crippen LogP) is 3.50. The summed E-state index contributed by atoms with van der Waals surface area (Å²) in [5, 5.41) is 0. The van der Waals surface area contributed by atoms with E-state index in [1.807, 2.05) is 0 Å². The zero-order chi connectivity index (χ0) is 14.6. The minimum absolute atomic E-state index is 0.115. The summed E-state index contributed by atoms with van der Waals surface area (Å²) in [6.45, 7) is 5.51. The normalized spacial score (nSPS) is 11.0. The van der Waals surface area contributed by atoms with Gasteiger partial charge in [0.25, 0.3) is 0 Å². The Labute approximate surface area is 108 Å². The van der Waals surface area contributed by atoms with E-state index in [0.29, 0.717) is 6.61 Å². The van der Waals surface area contributed by atoms with Crippen LogP contribution < -0.4 is 0 Å². The van der Waals surface area contributed by atoms with Crippen LogP contribution >= 0.6 is 0 Å². The number of ether oxygens (including phenoxy) is 2. The Kier molecular flexibility index (Phi) is 4.58. The van der Waals surface area contributed by atoms with Gasteiger partial charge in [-0.2, -0.15) is 13.2 Å². The van der Waals surface area contributed by atoms with Crippen molar-refractivity contribution in [1.29, 1.82) is 0 Å². The SMILES string of the molecule is C=C(OCC)c1ccc(C(=O)OC)c(C(F)(F)F)c1. The maximum Gasteiger partial charge on any atom is 0.417 e. The molecule has 1 aromatic rings. The highest BCUT2D eigenvalue weighted by atomic mass is 19.4. The smallest absolute Gasteiger partial charge is 0.417 e. The number of carbonyl (C=O) groups is 1. The first kappa shape index (κ1) is 15.1. The van der Waals surface area contributed by atoms with Gasteiger partial charge in [-0.1, -0.05) is 12.6 Å². The van der Waals surface area contributed by atoms with Gasteiger partial charge < -0.3 is 9.47 Å². The fourth-order valence-corrected chi connectivity index (χ4v) is 1.50. The summed E-state index contributed by atoms with van der Waals surface area (Å²) in [5.74, 6) is -0.926. The first-order valence-corrected chi connectivity index (χ1v) is 5.42. The summed E-state index contributed by atoms with van der Waals surface area (Å²) in [6.07, 6.45) is -4.66. The second-order valence-corrected chi connectivity index (χ2v) is 3.61. The maximum absolute atomic E-state index is 12.9. The van der Waals surface area contributed by atoms with Crippen molar-refractivity contribution < 1.29 is 27.4 Å². The zero-order valence-electron chi connectivity index (χ0n) is 10.5. The first-order valence-electron chi connectivity index (χ1n) is 5.42. The molecule has 0 saturated heterocycles. The third kappa shape index (κ3) is 3.49. The molecule has 1 aromatic carbocycles. The number of halogens is 3. The van der Waals surface area contributed by atoms with Crippen LogP contribution in [0.2, 0.25) is 0 Å². The van der Waals surface area contributed by atoms with E-state index in [1.54, 1.807) is 6.92 Å². The van der Waals surface area contributed by atoms with Gasteiger partial charge >= 0.3 is 12.1 Å². The molecule has 19 heavy (non-hydrogen) atoms. The Morgan fingerprint density at radius 1 is 1.37 bits per heavy atom. The highest BCUT2D eigenvalue weighted by Gasteiger charge is 2.36. The molecule has 0 aliphatic rings. The molecule has 0 aromatic heterocycles. The monoisotopic (exact) mass is 274 g/mol. The van der Waals surface area contributed by atoms with Gasteiger partial charge in [-0.05, 0) is 19.1 Å². The van der Waals surface area contributed by atoms with Gasteiger partial charge in [-0.3, -0.25) is 0 Å². The molecule has 6 heteroatoms. The van der Waals surface area contributed by atoms with Crippen LogP contribution in [0.3, 0.4) is 0 Å². The summed E-state index contributed by atoms with van der Waals surface area (Å²) in [7, 11) is 1.02. The maximum atomic E-state index is 12.9. The van der Waals surface area contributed by atoms with Gasteiger partial charge in [0.2, 0.25) is 0 Å². The largest absolute Gasteiger partial charge is 0.494 e. The third-order valence-electron chi connectivity index (χ3n) is 2.37. The molecule has 0 aliphatic carbocycles. The average Bonchev–Trinajstić information content (AvgIpc) is 2.36. The molecular weight excluding hydrogens is 261 g/mol. The fraction of sp³-hybridized carbons (Fsp3) is 0.308. The Hall–Kier alpha value is -1.98. The van der Waals surface area contributed by atoms with Crippen molar-refractivity contribution in [3.8, 4) is 0 Å². The number of hydrogen-bond donors (Lipinski definition) is 0. The molecule has 0 saturated carbocycles. The Bertz CT molecular complexity index is 492. The van der Waals surface area contributed by atoms with E-state index in [-0.39, 0.29) is 11.3 Å². The number of esters is 1. The Morgan fingerprint density at radius 2 is 2.00 bits per heavy atom. The van der Waals surface area contributed by atoms with E-state index in [1.165, 1.54) is 6.07 Å². The van der Waals surface area contributed by atoms with Gasteiger partial charge in [-0.15, -0.1) is 0 Å². The Balaban J connectivity index is 3.31. The molecule has 0 atom stereocenters. The Morgan fingerprint density at radius 3 is 2.47 bits per heavy atom. The summed E-state index contributed by atoms with van der Waals surface area (Å²) < 4.78 is 48.1. The van der Waals surface area contributed by atoms with Crippen LogP contribution in [0.5, 0.6) is 0 Å². The van der Waals surface area contributed by atoms with Crippen molar-refractivity contribution in [2.24, 2.45) is 0 Å². The topological polar surface area (TPSA) is 35.5 Å². The molecule has 0 heterocycles. The molecule has 104 valence electrons. The van der Waals surface area contributed by atoms with Crippen molar-refractivity contribution in [3.63, 3.8) is 0 Å². The van der Waals surface area contributed by atoms with Crippen molar-refractivity contribution in [1.82, 2.24) is 0 Å². The quantitative estimate of drug-likeness (QED) is 0.622. The molecule has 0 fully saturated rings. The van der Waals surface area contributed by atoms with Crippen LogP contribution in [0.4, 0.5) is 13.2 Å². The van der Waals surface area contributed by atoms with Crippen molar-refractivity contribution in [3.05, 3.63) is 41.5 Å². The van der Waals surface area contributed by atoms with Crippen LogP contribution in [0.1, 0.15) is 28.4 Å². The lowest BCUT2D eigenvalue weighted by Gasteiger charge is -2.14. The molecule has 1 rings (SSSR count). The molecule has 0 N–H and O–H groups in total. The highest BCUT2D eigenvalue weighted by molar-refractivity contribution is 5.91. The minimum Gasteiger partial charge on any atom is -0.494 e. The number of benzene rings is 1. The lowest BCUT2D eigenvalue weighted by Crippen LogP contribution is -2.14. The van der Waals surface area contributed by atoms with Gasteiger partial charge in [0.1, 0.15) is 5.76 Å². The standard InChI is InChI=1S/C13H13F3O3/c1-4-19-8(2)9-5-6-10(12(17)18-3)11(7-9)13(14,15)16/h5-7H,2,4H2,1,3H3. The minimum atomic E-state index is -4.66. The average molecular weight is 274 g/mol. The second kappa shape index (κ2) is 5.77. The highest BCUT2D eigenvalue weighted by Crippen LogP contribution is 2.34. The van der Waals surface area contributed by atoms with E-state index in [4.69, 9.17) is 4.74 Å². The van der Waals surface area contributed by atoms with E-state index in [0.717, 1.165) is 19.2 Å². The number of carbonyl (C=O) groups excluding carboxylic acids is 1. The summed E-state index contributed by atoms with van der Waals surface area (Å²) in [4.78, 5) is 11.3. The lowest BCUT2D eigenvalue weighted by molar-refractivity contribution is -0.138. The molecule has 0 radical (unpaired) electrons. The number of alkyl halides is 3. The molecular formula is C13H13F3O3. The van der Waals surface area contributed by atoms with Crippen molar-refractivity contribution in [2.45, 2.75) is 13.1 Å². The summed E-state index contributed by atoms with van der Waals surface area (Å²) in [5.41, 5.74) is -1.44. The van der Waals surface area contributed by atoms with Gasteiger partial charge in [0.05, 0.1) is 24.8 Å². The number of hydrogen-bond acceptors (Lipinski definition) is 3. The second-order valence-electron chi connectivity index (χ2n) is 3.61. The molecule has 0 bridgehead atoms. The van der Waals surface area contributed by atoms with E-state index in [9.17, 15) is 18.0 Å². The molecule has 0 unspecified atom stereocenters. The van der Waals surface area contributed by atoms with Crippen LogP contribution in [0, 0.1) is 0 Å². The first-order chi connectivity index (χ1) is 8.81. The van der Waals surface area contributed by atoms with Gasteiger partial charge in [0, 0.05) is 5.56 Å². The molecule has 3 nitrogen and oxygen atoms in total. The predicted molar refractivity (Wildman–Crippen MR) is 63.4 cm³/mol. The molecule has 0 spiro atoms.